The lowest BCUT2D eigenvalue weighted by Gasteiger charge is -2.34. The van der Waals surface area contributed by atoms with Crippen molar-refractivity contribution in [3.63, 3.8) is 0 Å². The van der Waals surface area contributed by atoms with Crippen molar-refractivity contribution >= 4 is 29.1 Å². The van der Waals surface area contributed by atoms with Crippen molar-refractivity contribution in [3.8, 4) is 0 Å². The Balaban J connectivity index is 2.18. The number of thioether (sulfide) groups is 1. The Labute approximate surface area is 116 Å². The summed E-state index contributed by atoms with van der Waals surface area (Å²) < 4.78 is 6.22. The van der Waals surface area contributed by atoms with Crippen molar-refractivity contribution in [3.05, 3.63) is 17.0 Å². The van der Waals surface area contributed by atoms with Crippen LogP contribution in [0.4, 0.5) is 0 Å². The van der Waals surface area contributed by atoms with Crippen LogP contribution in [-0.4, -0.2) is 23.9 Å². The largest absolute Gasteiger partial charge is 0.468 e. The molecule has 2 atom stereocenters. The van der Waals surface area contributed by atoms with Crippen LogP contribution in [0.25, 0.3) is 0 Å². The maximum Gasteiger partial charge on any atom is 0.325 e. The van der Waals surface area contributed by atoms with Crippen molar-refractivity contribution < 1.29 is 9.53 Å². The van der Waals surface area contributed by atoms with E-state index in [4.69, 9.17) is 4.74 Å². The first-order chi connectivity index (χ1) is 8.44. The van der Waals surface area contributed by atoms with Crippen LogP contribution in [-0.2, 0) is 9.53 Å². The molecule has 2 heterocycles. The molecule has 1 aliphatic heterocycles. The molecule has 1 aliphatic rings. The molecular weight excluding hydrogens is 266 g/mol. The molecule has 100 valence electrons. The summed E-state index contributed by atoms with van der Waals surface area (Å²) in [6.07, 6.45) is 1.04. The van der Waals surface area contributed by atoms with Crippen LogP contribution in [0, 0.1) is 0 Å². The van der Waals surface area contributed by atoms with Gasteiger partial charge in [-0.3, -0.25) is 10.1 Å². The standard InChI is InChI=1S/C13H19NO2S2/c1-8-7-10(9-5-6-17-11(9)18-8)14-13(2,3)12(15)16-4/h5-6,8,10,14H,7H2,1-4H3/t8-,10?/m0/s1. The Morgan fingerprint density at radius 2 is 2.28 bits per heavy atom. The van der Waals surface area contributed by atoms with Crippen LogP contribution in [0.2, 0.25) is 0 Å². The van der Waals surface area contributed by atoms with E-state index in [1.165, 1.54) is 16.9 Å². The van der Waals surface area contributed by atoms with E-state index in [9.17, 15) is 4.79 Å². The normalized spacial score (nSPS) is 23.6. The highest BCUT2D eigenvalue weighted by molar-refractivity contribution is 8.01. The van der Waals surface area contributed by atoms with Crippen LogP contribution in [0.5, 0.6) is 0 Å². The summed E-state index contributed by atoms with van der Waals surface area (Å²) in [5.74, 6) is -0.217. The van der Waals surface area contributed by atoms with E-state index in [2.05, 4.69) is 23.7 Å². The van der Waals surface area contributed by atoms with Crippen molar-refractivity contribution in [2.75, 3.05) is 7.11 Å². The Kier molecular flexibility index (Phi) is 4.04. The van der Waals surface area contributed by atoms with Gasteiger partial charge in [0.25, 0.3) is 0 Å². The molecule has 0 saturated carbocycles. The molecule has 0 amide bonds. The number of rotatable bonds is 3. The van der Waals surface area contributed by atoms with Crippen molar-refractivity contribution in [1.82, 2.24) is 5.32 Å². The fraction of sp³-hybridized carbons (Fsp3) is 0.615. The molecule has 0 saturated heterocycles. The minimum Gasteiger partial charge on any atom is -0.468 e. The molecule has 1 aromatic rings. The molecule has 3 nitrogen and oxygen atoms in total. The fourth-order valence-corrected chi connectivity index (χ4v) is 4.80. The van der Waals surface area contributed by atoms with Gasteiger partial charge in [-0.2, -0.15) is 0 Å². The van der Waals surface area contributed by atoms with E-state index in [0.717, 1.165) is 6.42 Å². The van der Waals surface area contributed by atoms with Gasteiger partial charge in [-0.15, -0.1) is 23.1 Å². The zero-order valence-corrected chi connectivity index (χ0v) is 12.8. The zero-order valence-electron chi connectivity index (χ0n) is 11.1. The summed E-state index contributed by atoms with van der Waals surface area (Å²) in [6.45, 7) is 5.97. The van der Waals surface area contributed by atoms with Gasteiger partial charge in [-0.25, -0.2) is 0 Å². The number of nitrogens with one attached hydrogen (secondary N) is 1. The number of hydrogen-bond donors (Lipinski definition) is 1. The highest BCUT2D eigenvalue weighted by atomic mass is 32.2. The Morgan fingerprint density at radius 3 is 2.94 bits per heavy atom. The summed E-state index contributed by atoms with van der Waals surface area (Å²) in [4.78, 5) is 11.8. The first kappa shape index (κ1) is 13.9. The molecular formula is C13H19NO2S2. The molecule has 1 unspecified atom stereocenters. The zero-order chi connectivity index (χ0) is 13.3. The lowest BCUT2D eigenvalue weighted by Crippen LogP contribution is -2.49. The number of methoxy groups -OCH3 is 1. The van der Waals surface area contributed by atoms with E-state index in [1.54, 1.807) is 11.3 Å². The molecule has 2 rings (SSSR count). The molecule has 0 radical (unpaired) electrons. The first-order valence-electron chi connectivity index (χ1n) is 6.04. The quantitative estimate of drug-likeness (QED) is 0.866. The minimum absolute atomic E-state index is 0.217. The van der Waals surface area contributed by atoms with E-state index in [-0.39, 0.29) is 12.0 Å². The van der Waals surface area contributed by atoms with E-state index < -0.39 is 5.54 Å². The third-order valence-electron chi connectivity index (χ3n) is 3.14. The molecule has 0 spiro atoms. The summed E-state index contributed by atoms with van der Waals surface area (Å²) in [7, 11) is 1.43. The van der Waals surface area contributed by atoms with Crippen LogP contribution in [0.1, 0.15) is 38.8 Å². The SMILES string of the molecule is COC(=O)C(C)(C)NC1C[C@H](C)Sc2sccc21. The number of carbonyl (C=O) groups is 1. The van der Waals surface area contributed by atoms with Crippen LogP contribution in [0.3, 0.4) is 0 Å². The maximum atomic E-state index is 11.8. The Bertz CT molecular complexity index is 442. The van der Waals surface area contributed by atoms with Crippen LogP contribution in [0.15, 0.2) is 15.7 Å². The maximum absolute atomic E-state index is 11.8. The number of thiophene rings is 1. The van der Waals surface area contributed by atoms with Gasteiger partial charge < -0.3 is 4.74 Å². The van der Waals surface area contributed by atoms with Crippen molar-refractivity contribution in [2.24, 2.45) is 0 Å². The molecule has 18 heavy (non-hydrogen) atoms. The monoisotopic (exact) mass is 285 g/mol. The lowest BCUT2D eigenvalue weighted by atomic mass is 9.98. The molecule has 5 heteroatoms. The van der Waals surface area contributed by atoms with Crippen LogP contribution >= 0.6 is 23.1 Å². The summed E-state index contributed by atoms with van der Waals surface area (Å²) in [5.41, 5.74) is 0.667. The summed E-state index contributed by atoms with van der Waals surface area (Å²) >= 11 is 3.70. The third kappa shape index (κ3) is 2.73. The molecule has 0 bridgehead atoms. The highest BCUT2D eigenvalue weighted by Crippen LogP contribution is 2.44. The molecule has 0 fully saturated rings. The Morgan fingerprint density at radius 1 is 1.56 bits per heavy atom. The first-order valence-corrected chi connectivity index (χ1v) is 7.80. The van der Waals surface area contributed by atoms with Crippen molar-refractivity contribution in [1.29, 1.82) is 0 Å². The average molecular weight is 285 g/mol. The second-order valence-electron chi connectivity index (χ2n) is 5.14. The van der Waals surface area contributed by atoms with Gasteiger partial charge in [0.15, 0.2) is 0 Å². The Hall–Kier alpha value is -0.520. The smallest absolute Gasteiger partial charge is 0.325 e. The second-order valence-corrected chi connectivity index (χ2v) is 7.76. The minimum atomic E-state index is -0.652. The van der Waals surface area contributed by atoms with E-state index >= 15 is 0 Å². The predicted molar refractivity (Wildman–Crippen MR) is 76.2 cm³/mol. The van der Waals surface area contributed by atoms with E-state index in [0.29, 0.717) is 5.25 Å². The van der Waals surface area contributed by atoms with Crippen molar-refractivity contribution in [2.45, 2.75) is 48.2 Å². The number of ether oxygens (including phenoxy) is 1. The lowest BCUT2D eigenvalue weighted by molar-refractivity contribution is -0.147. The van der Waals surface area contributed by atoms with Gasteiger partial charge >= 0.3 is 5.97 Å². The topological polar surface area (TPSA) is 38.3 Å². The average Bonchev–Trinajstić information content (AvgIpc) is 2.75. The predicted octanol–water partition coefficient (Wildman–Crippen LogP) is 3.21. The molecule has 0 aromatic carbocycles. The number of carbonyl (C=O) groups excluding carboxylic acids is 1. The fourth-order valence-electron chi connectivity index (χ4n) is 2.24. The molecule has 1 N–H and O–H groups in total. The van der Waals surface area contributed by atoms with Gasteiger partial charge in [0.2, 0.25) is 0 Å². The van der Waals surface area contributed by atoms with Gasteiger partial charge in [-0.1, -0.05) is 6.92 Å². The molecule has 1 aromatic heterocycles. The van der Waals surface area contributed by atoms with Crippen LogP contribution < -0.4 is 5.32 Å². The summed E-state index contributed by atoms with van der Waals surface area (Å²) in [5, 5.41) is 6.13. The number of fused-ring (bicyclic) bond motifs is 1. The van der Waals surface area contributed by atoms with Gasteiger partial charge in [0.1, 0.15) is 5.54 Å². The third-order valence-corrected chi connectivity index (χ3v) is 5.48. The van der Waals surface area contributed by atoms with Gasteiger partial charge in [0.05, 0.1) is 11.3 Å². The van der Waals surface area contributed by atoms with Gasteiger partial charge in [0, 0.05) is 11.3 Å². The number of hydrogen-bond acceptors (Lipinski definition) is 5. The molecule has 0 aliphatic carbocycles. The van der Waals surface area contributed by atoms with E-state index in [1.807, 2.05) is 25.6 Å². The second kappa shape index (κ2) is 5.23. The highest BCUT2D eigenvalue weighted by Gasteiger charge is 2.35. The number of esters is 1. The van der Waals surface area contributed by atoms with Gasteiger partial charge in [-0.05, 0) is 37.3 Å². The summed E-state index contributed by atoms with van der Waals surface area (Å²) in [6, 6.07) is 2.39.